The molecule has 0 radical (unpaired) electrons. The van der Waals surface area contributed by atoms with E-state index in [1.165, 1.54) is 0 Å². The first-order valence-corrected chi connectivity index (χ1v) is 2.24. The Morgan fingerprint density at radius 1 is 1.00 bits per heavy atom. The van der Waals surface area contributed by atoms with Crippen LogP contribution in [-0.4, -0.2) is 79.8 Å². The molecular weight excluding hydrogens is 232 g/mol. The minimum absolute atomic E-state index is 0. The molecule has 7 heteroatoms. The number of carboxylic acids is 2. The first-order valence-electron chi connectivity index (χ1n) is 2.24. The van der Waals surface area contributed by atoms with Crippen molar-refractivity contribution < 1.29 is 30.0 Å². The van der Waals surface area contributed by atoms with Gasteiger partial charge in [-0.25, -0.2) is 0 Å². The maximum Gasteiger partial charge on any atom is 2.00 e. The molecule has 0 aliphatic carbocycles. The Bertz CT molecular complexity index is 139. The van der Waals surface area contributed by atoms with E-state index < -0.39 is 24.1 Å². The molecule has 11 heavy (non-hydrogen) atoms. The summed E-state index contributed by atoms with van der Waals surface area (Å²) < 4.78 is 0. The summed E-state index contributed by atoms with van der Waals surface area (Å²) in [6, 6.07) is 0. The molecule has 0 amide bonds. The van der Waals surface area contributed by atoms with E-state index in [0.29, 0.717) is 0 Å². The van der Waals surface area contributed by atoms with Gasteiger partial charge < -0.3 is 30.0 Å². The van der Waals surface area contributed by atoms with Crippen molar-refractivity contribution in [3.8, 4) is 0 Å². The van der Waals surface area contributed by atoms with Gasteiger partial charge in [0.05, 0.1) is 11.9 Å². The smallest absolute Gasteiger partial charge is 0.547 e. The van der Waals surface area contributed by atoms with Crippen molar-refractivity contribution in [2.75, 3.05) is 0 Å². The summed E-state index contributed by atoms with van der Waals surface area (Å²) in [4.78, 5) is 19.3. The van der Waals surface area contributed by atoms with Crippen molar-refractivity contribution in [3.63, 3.8) is 0 Å². The number of hydrogen-bond acceptors (Lipinski definition) is 6. The quantitative estimate of drug-likeness (QED) is 0.472. The standard InChI is InChI=1S/C4H6O6.Sr/c5-1(3(7)8)2(6)4(9)10;/h1-2,5-6H,(H,7,8)(H,9,10);/q;+2/p-2. The van der Waals surface area contributed by atoms with E-state index in [-0.39, 0.29) is 45.5 Å². The molecule has 0 saturated carbocycles. The van der Waals surface area contributed by atoms with Gasteiger partial charge in [-0.3, -0.25) is 0 Å². The molecule has 0 saturated heterocycles. The first-order chi connectivity index (χ1) is 4.46. The summed E-state index contributed by atoms with van der Waals surface area (Å²) in [5.74, 6) is -4.12. The Kier molecular flexibility index (Phi) is 7.49. The predicted octanol–water partition coefficient (Wildman–Crippen LogP) is -5.17. The van der Waals surface area contributed by atoms with Gasteiger partial charge in [0.1, 0.15) is 12.2 Å². The fourth-order valence-electron chi connectivity index (χ4n) is 0.258. The van der Waals surface area contributed by atoms with E-state index in [0.717, 1.165) is 0 Å². The summed E-state index contributed by atoms with van der Waals surface area (Å²) >= 11 is 0. The second-order valence-electron chi connectivity index (χ2n) is 1.53. The molecule has 0 fully saturated rings. The largest absolute Gasteiger partial charge is 2.00 e. The summed E-state index contributed by atoms with van der Waals surface area (Å²) in [6.07, 6.45) is -4.88. The van der Waals surface area contributed by atoms with Crippen molar-refractivity contribution in [1.82, 2.24) is 0 Å². The zero-order chi connectivity index (χ0) is 8.31. The van der Waals surface area contributed by atoms with E-state index in [1.54, 1.807) is 0 Å². The fraction of sp³-hybridized carbons (Fsp3) is 0.500. The van der Waals surface area contributed by atoms with Crippen LogP contribution in [0.2, 0.25) is 0 Å². The van der Waals surface area contributed by atoms with Crippen LogP contribution in [0, 0.1) is 0 Å². The molecule has 2 unspecified atom stereocenters. The number of aliphatic carboxylic acids is 2. The van der Waals surface area contributed by atoms with Crippen LogP contribution in [0.5, 0.6) is 0 Å². The topological polar surface area (TPSA) is 121 Å². The molecule has 0 aliphatic rings. The Hall–Kier alpha value is 0.341. The third kappa shape index (κ3) is 4.72. The zero-order valence-electron chi connectivity index (χ0n) is 5.39. The number of rotatable bonds is 3. The summed E-state index contributed by atoms with van der Waals surface area (Å²) in [5.41, 5.74) is 0. The predicted molar refractivity (Wildman–Crippen MR) is 27.8 cm³/mol. The van der Waals surface area contributed by atoms with Crippen LogP contribution in [0.4, 0.5) is 0 Å². The van der Waals surface area contributed by atoms with Crippen LogP contribution in [0.15, 0.2) is 0 Å². The number of aliphatic hydroxyl groups is 2. The fourth-order valence-corrected chi connectivity index (χ4v) is 0.258. The number of hydrogen-bond donors (Lipinski definition) is 2. The molecule has 0 heterocycles. The van der Waals surface area contributed by atoms with Gasteiger partial charge >= 0.3 is 45.5 Å². The molecular formula is C4H4O6Sr. The average Bonchev–Trinajstić information content (AvgIpc) is 1.84. The summed E-state index contributed by atoms with van der Waals surface area (Å²) in [7, 11) is 0. The molecule has 2 N–H and O–H groups in total. The Morgan fingerprint density at radius 3 is 1.27 bits per heavy atom. The van der Waals surface area contributed by atoms with Crippen LogP contribution in [-0.2, 0) is 9.59 Å². The van der Waals surface area contributed by atoms with E-state index in [9.17, 15) is 19.8 Å². The van der Waals surface area contributed by atoms with E-state index in [4.69, 9.17) is 10.2 Å². The molecule has 0 aromatic heterocycles. The molecule has 0 spiro atoms. The van der Waals surface area contributed by atoms with E-state index in [2.05, 4.69) is 0 Å². The monoisotopic (exact) mass is 236 g/mol. The number of aliphatic hydroxyl groups excluding tert-OH is 2. The molecule has 0 bridgehead atoms. The van der Waals surface area contributed by atoms with Crippen molar-refractivity contribution in [1.29, 1.82) is 0 Å². The van der Waals surface area contributed by atoms with Crippen molar-refractivity contribution in [2.45, 2.75) is 12.2 Å². The van der Waals surface area contributed by atoms with Gasteiger partial charge in [-0.05, 0) is 0 Å². The van der Waals surface area contributed by atoms with Gasteiger partial charge in [-0.2, -0.15) is 0 Å². The zero-order valence-corrected chi connectivity index (χ0v) is 8.87. The van der Waals surface area contributed by atoms with E-state index in [1.807, 2.05) is 0 Å². The van der Waals surface area contributed by atoms with Crippen LogP contribution >= 0.6 is 0 Å². The van der Waals surface area contributed by atoms with Crippen molar-refractivity contribution in [2.24, 2.45) is 0 Å². The Balaban J connectivity index is 0. The number of carboxylic acid groups (broad SMARTS) is 2. The Morgan fingerprint density at radius 2 is 1.18 bits per heavy atom. The van der Waals surface area contributed by atoms with Gasteiger partial charge in [0.25, 0.3) is 0 Å². The second-order valence-corrected chi connectivity index (χ2v) is 1.53. The van der Waals surface area contributed by atoms with Crippen molar-refractivity contribution >= 4 is 57.4 Å². The SMILES string of the molecule is O=C([O-])C(O)C(O)C(=O)[O-].[Sr+2]. The third-order valence-electron chi connectivity index (χ3n) is 0.782. The average molecular weight is 236 g/mol. The molecule has 0 aliphatic heterocycles. The summed E-state index contributed by atoms with van der Waals surface area (Å²) in [5, 5.41) is 35.7. The Labute approximate surface area is 98.7 Å². The molecule has 0 aromatic rings. The second kappa shape index (κ2) is 5.92. The number of carbonyl (C=O) groups is 2. The van der Waals surface area contributed by atoms with Gasteiger partial charge in [0.2, 0.25) is 0 Å². The van der Waals surface area contributed by atoms with Crippen LogP contribution in [0.3, 0.4) is 0 Å². The summed E-state index contributed by atoms with van der Waals surface area (Å²) in [6.45, 7) is 0. The normalized spacial score (nSPS) is 14.4. The molecule has 6 nitrogen and oxygen atoms in total. The van der Waals surface area contributed by atoms with Crippen LogP contribution in [0.1, 0.15) is 0 Å². The van der Waals surface area contributed by atoms with Gasteiger partial charge in [-0.15, -0.1) is 0 Å². The molecule has 58 valence electrons. The van der Waals surface area contributed by atoms with Gasteiger partial charge in [0, 0.05) is 0 Å². The van der Waals surface area contributed by atoms with E-state index >= 15 is 0 Å². The van der Waals surface area contributed by atoms with Gasteiger partial charge in [-0.1, -0.05) is 0 Å². The number of carbonyl (C=O) groups excluding carboxylic acids is 2. The molecule has 2 atom stereocenters. The molecule has 0 aromatic carbocycles. The minimum atomic E-state index is -2.44. The first kappa shape index (κ1) is 13.9. The third-order valence-corrected chi connectivity index (χ3v) is 0.782. The molecule has 0 rings (SSSR count). The van der Waals surface area contributed by atoms with Crippen LogP contribution < -0.4 is 10.2 Å². The van der Waals surface area contributed by atoms with Crippen LogP contribution in [0.25, 0.3) is 0 Å². The van der Waals surface area contributed by atoms with Gasteiger partial charge in [0.15, 0.2) is 0 Å². The maximum absolute atomic E-state index is 9.63. The van der Waals surface area contributed by atoms with Crippen molar-refractivity contribution in [3.05, 3.63) is 0 Å². The maximum atomic E-state index is 9.63. The minimum Gasteiger partial charge on any atom is -0.547 e.